The van der Waals surface area contributed by atoms with Crippen LogP contribution in [0.2, 0.25) is 5.02 Å². The monoisotopic (exact) mass is 352 g/mol. The molecule has 124 valence electrons. The molecular formula is C13H9ClF4N2O3. The maximum absolute atomic E-state index is 14.0. The number of phenols is 1. The van der Waals surface area contributed by atoms with Crippen molar-refractivity contribution in [1.29, 1.82) is 0 Å². The number of hydrogen-bond acceptors (Lipinski definition) is 4. The minimum Gasteiger partial charge on any atom is -0.506 e. The zero-order valence-corrected chi connectivity index (χ0v) is 12.2. The number of ether oxygens (including phenoxy) is 1. The number of hydrogen-bond donors (Lipinski definition) is 1. The van der Waals surface area contributed by atoms with Gasteiger partial charge in [0.25, 0.3) is 5.56 Å². The third-order valence-electron chi connectivity index (χ3n) is 2.71. The quantitative estimate of drug-likeness (QED) is 0.862. The fourth-order valence-corrected chi connectivity index (χ4v) is 1.90. The van der Waals surface area contributed by atoms with Crippen LogP contribution in [-0.4, -0.2) is 21.3 Å². The van der Waals surface area contributed by atoms with Crippen LogP contribution in [0, 0.1) is 5.82 Å². The van der Waals surface area contributed by atoms with E-state index in [1.165, 1.54) is 6.92 Å². The van der Waals surface area contributed by atoms with Crippen LogP contribution < -0.4 is 10.3 Å². The Labute approximate surface area is 131 Å². The molecule has 10 heteroatoms. The summed E-state index contributed by atoms with van der Waals surface area (Å²) in [6.07, 6.45) is -4.87. The van der Waals surface area contributed by atoms with E-state index in [1.807, 2.05) is 0 Å². The van der Waals surface area contributed by atoms with Crippen molar-refractivity contribution in [2.45, 2.75) is 13.1 Å². The first-order chi connectivity index (χ1) is 10.6. The van der Waals surface area contributed by atoms with Crippen LogP contribution in [0.5, 0.6) is 11.8 Å². The molecule has 0 fully saturated rings. The van der Waals surface area contributed by atoms with Gasteiger partial charge in [0, 0.05) is 12.1 Å². The molecule has 0 aliphatic carbocycles. The standard InChI is InChI=1S/C13H9ClF4N2O3/c1-2-23-12-19-10(13(16,17)18)5-11(22)20(12)8-4-9(21)6(14)3-7(8)15/h3-5,21H,2H2,1H3. The van der Waals surface area contributed by atoms with Gasteiger partial charge in [-0.05, 0) is 13.0 Å². The number of nitrogens with zero attached hydrogens (tertiary/aromatic N) is 2. The second kappa shape index (κ2) is 6.07. The lowest BCUT2D eigenvalue weighted by molar-refractivity contribution is -0.141. The second-order valence-electron chi connectivity index (χ2n) is 4.28. The van der Waals surface area contributed by atoms with Gasteiger partial charge < -0.3 is 9.84 Å². The molecule has 5 nitrogen and oxygen atoms in total. The molecule has 1 N–H and O–H groups in total. The molecule has 0 spiro atoms. The van der Waals surface area contributed by atoms with Crippen LogP contribution in [0.25, 0.3) is 5.69 Å². The Morgan fingerprint density at radius 2 is 2.00 bits per heavy atom. The molecule has 1 aromatic heterocycles. The summed E-state index contributed by atoms with van der Waals surface area (Å²) in [5, 5.41) is 9.20. The summed E-state index contributed by atoms with van der Waals surface area (Å²) in [5.41, 5.74) is -3.24. The Morgan fingerprint density at radius 3 is 2.57 bits per heavy atom. The highest BCUT2D eigenvalue weighted by molar-refractivity contribution is 6.32. The van der Waals surface area contributed by atoms with Gasteiger partial charge in [0.15, 0.2) is 5.69 Å². The number of aromatic hydroxyl groups is 1. The average Bonchev–Trinajstić information content (AvgIpc) is 2.42. The van der Waals surface area contributed by atoms with Crippen molar-refractivity contribution in [2.24, 2.45) is 0 Å². The van der Waals surface area contributed by atoms with Crippen LogP contribution in [0.15, 0.2) is 23.0 Å². The first-order valence-electron chi connectivity index (χ1n) is 6.17. The van der Waals surface area contributed by atoms with E-state index in [2.05, 4.69) is 4.98 Å². The number of halogens is 5. The van der Waals surface area contributed by atoms with Gasteiger partial charge in [-0.3, -0.25) is 4.79 Å². The van der Waals surface area contributed by atoms with E-state index < -0.39 is 40.7 Å². The maximum Gasteiger partial charge on any atom is 0.433 e. The number of rotatable bonds is 3. The van der Waals surface area contributed by atoms with Gasteiger partial charge in [-0.15, -0.1) is 0 Å². The highest BCUT2D eigenvalue weighted by atomic mass is 35.5. The van der Waals surface area contributed by atoms with Crippen molar-refractivity contribution < 1.29 is 27.4 Å². The molecule has 1 heterocycles. The fraction of sp³-hybridized carbons (Fsp3) is 0.231. The summed E-state index contributed by atoms with van der Waals surface area (Å²) in [4.78, 5) is 15.2. The molecule has 0 atom stereocenters. The van der Waals surface area contributed by atoms with Crippen molar-refractivity contribution in [3.8, 4) is 17.4 Å². The van der Waals surface area contributed by atoms with Crippen molar-refractivity contribution in [2.75, 3.05) is 6.61 Å². The predicted octanol–water partition coefficient (Wildman–Crippen LogP) is 3.15. The van der Waals surface area contributed by atoms with Crippen molar-refractivity contribution in [3.63, 3.8) is 0 Å². The molecule has 0 amide bonds. The highest BCUT2D eigenvalue weighted by Gasteiger charge is 2.35. The van der Waals surface area contributed by atoms with Gasteiger partial charge in [0.2, 0.25) is 0 Å². The second-order valence-corrected chi connectivity index (χ2v) is 4.69. The van der Waals surface area contributed by atoms with Crippen LogP contribution in [-0.2, 0) is 6.18 Å². The third-order valence-corrected chi connectivity index (χ3v) is 3.01. The molecule has 2 rings (SSSR count). The van der Waals surface area contributed by atoms with E-state index >= 15 is 0 Å². The first-order valence-corrected chi connectivity index (χ1v) is 6.55. The lowest BCUT2D eigenvalue weighted by atomic mass is 10.2. The predicted molar refractivity (Wildman–Crippen MR) is 72.6 cm³/mol. The number of phenolic OH excluding ortho intramolecular Hbond substituents is 1. The Bertz CT molecular complexity index is 805. The minimum absolute atomic E-state index is 0.116. The van der Waals surface area contributed by atoms with Gasteiger partial charge in [0.05, 0.1) is 17.3 Å². The lowest BCUT2D eigenvalue weighted by Gasteiger charge is -2.15. The van der Waals surface area contributed by atoms with E-state index in [0.29, 0.717) is 10.6 Å². The zero-order chi connectivity index (χ0) is 17.4. The normalized spacial score (nSPS) is 11.6. The van der Waals surface area contributed by atoms with Crippen molar-refractivity contribution in [3.05, 3.63) is 45.1 Å². The molecule has 23 heavy (non-hydrogen) atoms. The van der Waals surface area contributed by atoms with E-state index in [-0.39, 0.29) is 17.7 Å². The van der Waals surface area contributed by atoms with E-state index in [9.17, 15) is 27.5 Å². The molecule has 0 radical (unpaired) electrons. The third kappa shape index (κ3) is 3.39. The van der Waals surface area contributed by atoms with Gasteiger partial charge in [-0.2, -0.15) is 18.2 Å². The summed E-state index contributed by atoms with van der Waals surface area (Å²) in [6.45, 7) is 1.33. The summed E-state index contributed by atoms with van der Waals surface area (Å²) < 4.78 is 57.5. The number of benzene rings is 1. The van der Waals surface area contributed by atoms with E-state index in [0.717, 1.165) is 6.07 Å². The molecule has 0 bridgehead atoms. The maximum atomic E-state index is 14.0. The molecular weight excluding hydrogens is 344 g/mol. The van der Waals surface area contributed by atoms with Gasteiger partial charge >= 0.3 is 12.2 Å². The SMILES string of the molecule is CCOc1nc(C(F)(F)F)cc(=O)n1-c1cc(O)c(Cl)cc1F. The van der Waals surface area contributed by atoms with Gasteiger partial charge in [-0.25, -0.2) is 8.96 Å². The smallest absolute Gasteiger partial charge is 0.433 e. The molecule has 0 unspecified atom stereocenters. The molecule has 0 aliphatic rings. The summed E-state index contributed by atoms with van der Waals surface area (Å²) in [5.74, 6) is -1.60. The first kappa shape index (κ1) is 17.1. The Morgan fingerprint density at radius 1 is 1.35 bits per heavy atom. The van der Waals surface area contributed by atoms with Crippen molar-refractivity contribution in [1.82, 2.24) is 9.55 Å². The Balaban J connectivity index is 2.77. The lowest BCUT2D eigenvalue weighted by Crippen LogP contribution is -2.25. The Kier molecular flexibility index (Phi) is 4.51. The van der Waals surface area contributed by atoms with Gasteiger partial charge in [-0.1, -0.05) is 11.6 Å². The molecule has 0 saturated heterocycles. The van der Waals surface area contributed by atoms with E-state index in [4.69, 9.17) is 16.3 Å². The van der Waals surface area contributed by atoms with Crippen LogP contribution in [0.1, 0.15) is 12.6 Å². The number of aromatic nitrogens is 2. The van der Waals surface area contributed by atoms with Crippen LogP contribution >= 0.6 is 11.6 Å². The van der Waals surface area contributed by atoms with E-state index in [1.54, 1.807) is 0 Å². The average molecular weight is 353 g/mol. The molecule has 1 aromatic carbocycles. The summed E-state index contributed by atoms with van der Waals surface area (Å²) in [6, 6.07) is 0.948. The Hall–Kier alpha value is -2.29. The van der Waals surface area contributed by atoms with Gasteiger partial charge in [0.1, 0.15) is 11.6 Å². The molecule has 0 saturated carbocycles. The summed E-state index contributed by atoms with van der Waals surface area (Å²) >= 11 is 5.53. The van der Waals surface area contributed by atoms with Crippen LogP contribution in [0.4, 0.5) is 17.6 Å². The fourth-order valence-electron chi connectivity index (χ4n) is 1.75. The molecule has 2 aromatic rings. The zero-order valence-electron chi connectivity index (χ0n) is 11.5. The topological polar surface area (TPSA) is 64.3 Å². The van der Waals surface area contributed by atoms with Crippen LogP contribution in [0.3, 0.4) is 0 Å². The highest BCUT2D eigenvalue weighted by Crippen LogP contribution is 2.31. The number of alkyl halides is 3. The molecule has 0 aliphatic heterocycles. The van der Waals surface area contributed by atoms with Crippen molar-refractivity contribution >= 4 is 11.6 Å². The minimum atomic E-state index is -4.87. The summed E-state index contributed by atoms with van der Waals surface area (Å²) in [7, 11) is 0. The largest absolute Gasteiger partial charge is 0.506 e.